The van der Waals surface area contributed by atoms with Crippen LogP contribution in [0, 0.1) is 19.3 Å². The van der Waals surface area contributed by atoms with Gasteiger partial charge in [0, 0.05) is 3.57 Å². The van der Waals surface area contributed by atoms with Crippen LogP contribution in [0.4, 0.5) is 0 Å². The topological polar surface area (TPSA) is 9.23 Å². The number of benzene rings is 4. The summed E-state index contributed by atoms with van der Waals surface area (Å²) in [6.45, 7) is 0. The fraction of sp³-hybridized carbons (Fsp3) is 0.0667. The van der Waals surface area contributed by atoms with Gasteiger partial charge in [-0.3, -0.25) is 12.2 Å². The fourth-order valence-electron chi connectivity index (χ4n) is 4.66. The molecule has 2 aliphatic carbocycles. The molecule has 0 saturated carbocycles. The molecule has 0 aromatic heterocycles. The van der Waals surface area contributed by atoms with Crippen LogP contribution in [0.5, 0.6) is 11.5 Å². The van der Waals surface area contributed by atoms with Gasteiger partial charge in [-0.15, -0.1) is 17.2 Å². The minimum absolute atomic E-state index is 0. The monoisotopic (exact) mass is 808 g/mol. The van der Waals surface area contributed by atoms with Crippen LogP contribution in [0.15, 0.2) is 84.9 Å². The summed E-state index contributed by atoms with van der Waals surface area (Å²) in [5, 5.41) is 0. The first-order valence-corrected chi connectivity index (χ1v) is 13.0. The van der Waals surface area contributed by atoms with Crippen LogP contribution in [0.2, 0.25) is 0 Å². The summed E-state index contributed by atoms with van der Waals surface area (Å²) in [6, 6.07) is 29.5. The molecule has 4 aliphatic rings. The molecule has 4 aromatic carbocycles. The van der Waals surface area contributed by atoms with E-state index in [0.717, 1.165) is 11.5 Å². The summed E-state index contributed by atoms with van der Waals surface area (Å²) in [5.41, 5.74) is 7.87. The minimum atomic E-state index is 0. The zero-order valence-electron chi connectivity index (χ0n) is 18.8. The van der Waals surface area contributed by atoms with Gasteiger partial charge in [-0.05, 0) is 67.0 Å². The van der Waals surface area contributed by atoms with Crippen LogP contribution in [-0.4, -0.2) is 0 Å². The summed E-state index contributed by atoms with van der Waals surface area (Å²) in [5.74, 6) is 2.38. The number of allylic oxidation sites excluding steroid dienone is 2. The molecule has 0 radical (unpaired) electrons. The van der Waals surface area contributed by atoms with Gasteiger partial charge in [0.2, 0.25) is 0 Å². The maximum absolute atomic E-state index is 5.88. The van der Waals surface area contributed by atoms with Crippen molar-refractivity contribution in [2.45, 2.75) is 11.8 Å². The van der Waals surface area contributed by atoms with Crippen molar-refractivity contribution < 1.29 is 55.8 Å². The van der Waals surface area contributed by atoms with E-state index in [1.165, 1.54) is 40.5 Å². The van der Waals surface area contributed by atoms with E-state index in [1.54, 1.807) is 0 Å². The molecule has 0 N–H and O–H groups in total. The Morgan fingerprint density at radius 1 is 0.583 bits per heavy atom. The molecule has 2 atom stereocenters. The van der Waals surface area contributed by atoms with Crippen LogP contribution >= 0.6 is 45.2 Å². The third kappa shape index (κ3) is 5.73. The second kappa shape index (κ2) is 12.8. The summed E-state index contributed by atoms with van der Waals surface area (Å²) >= 11 is 4.79. The van der Waals surface area contributed by atoms with Crippen molar-refractivity contribution in [3.63, 3.8) is 0 Å². The van der Waals surface area contributed by atoms with Crippen molar-refractivity contribution in [1.82, 2.24) is 0 Å². The summed E-state index contributed by atoms with van der Waals surface area (Å²) < 4.78 is 8.46. The zero-order valence-corrected chi connectivity index (χ0v) is 27.1. The van der Waals surface area contributed by atoms with Crippen molar-refractivity contribution in [1.29, 1.82) is 0 Å². The van der Waals surface area contributed by atoms with Crippen LogP contribution in [0.1, 0.15) is 45.2 Å². The van der Waals surface area contributed by atoms with E-state index in [0.29, 0.717) is 5.92 Å². The normalized spacial score (nSPS) is 16.5. The van der Waals surface area contributed by atoms with Crippen LogP contribution < -0.4 is 29.6 Å². The van der Waals surface area contributed by atoms with E-state index in [2.05, 4.69) is 142 Å². The number of halogens is 4. The Morgan fingerprint density at radius 3 is 2.00 bits per heavy atom. The van der Waals surface area contributed by atoms with Gasteiger partial charge in [0.15, 0.2) is 0 Å². The van der Waals surface area contributed by atoms with Crippen LogP contribution in [-0.2, 0) is 26.2 Å². The first-order valence-electron chi connectivity index (χ1n) is 10.8. The van der Waals surface area contributed by atoms with Gasteiger partial charge in [-0.2, -0.15) is 11.1 Å². The Labute approximate surface area is 271 Å². The third-order valence-electron chi connectivity index (χ3n) is 6.17. The Morgan fingerprint density at radius 2 is 1.22 bits per heavy atom. The zero-order chi connectivity index (χ0) is 22.4. The van der Waals surface area contributed by atoms with Crippen molar-refractivity contribution in [2.75, 3.05) is 0 Å². The predicted octanol–water partition coefficient (Wildman–Crippen LogP) is 2.62. The molecule has 2 unspecified atom stereocenters. The SMILES string of the molecule is Ic1cc2cc3c1C([C-]=C3)c1cccc(c1)O2.Ic1cccc2c1C(c1ccccc1)[C-]=C2.[Cl-].[Cl-].[Zr+4]. The van der Waals surface area contributed by atoms with Gasteiger partial charge < -0.3 is 29.6 Å². The Kier molecular flexibility index (Phi) is 10.5. The smallest absolute Gasteiger partial charge is 1.00 e. The van der Waals surface area contributed by atoms with E-state index < -0.39 is 0 Å². The largest absolute Gasteiger partial charge is 4.00 e. The number of fused-ring (bicyclic) bond motifs is 2. The van der Waals surface area contributed by atoms with Crippen LogP contribution in [0.3, 0.4) is 0 Å². The molecular formula is C30H18Cl2I2OZr. The molecule has 0 fully saturated rings. The van der Waals surface area contributed by atoms with Crippen LogP contribution in [0.25, 0.3) is 12.2 Å². The third-order valence-corrected chi connectivity index (χ3v) is 8.00. The predicted molar refractivity (Wildman–Crippen MR) is 150 cm³/mol. The average Bonchev–Trinajstić information content (AvgIpc) is 3.47. The molecule has 176 valence electrons. The molecule has 6 heteroatoms. The number of rotatable bonds is 1. The van der Waals surface area contributed by atoms with Crippen molar-refractivity contribution in [2.24, 2.45) is 0 Å². The van der Waals surface area contributed by atoms with Gasteiger partial charge in [0.05, 0.1) is 0 Å². The molecular weight excluding hydrogens is 792 g/mol. The molecule has 0 amide bonds. The summed E-state index contributed by atoms with van der Waals surface area (Å²) in [4.78, 5) is 0. The van der Waals surface area contributed by atoms with Gasteiger partial charge in [-0.25, -0.2) is 12.2 Å². The van der Waals surface area contributed by atoms with E-state index in [1.807, 2.05) is 12.1 Å². The molecule has 2 aliphatic heterocycles. The van der Waals surface area contributed by atoms with Crippen molar-refractivity contribution in [3.8, 4) is 11.5 Å². The van der Waals surface area contributed by atoms with Gasteiger partial charge in [0.1, 0.15) is 11.5 Å². The number of hydrogen-bond acceptors (Lipinski definition) is 1. The molecule has 4 aromatic rings. The van der Waals surface area contributed by atoms with Crippen molar-refractivity contribution >= 4 is 57.3 Å². The summed E-state index contributed by atoms with van der Waals surface area (Å²) in [6.07, 6.45) is 11.1. The first-order chi connectivity index (χ1) is 16.2. The second-order valence-corrected chi connectivity index (χ2v) is 10.5. The Bertz CT molecular complexity index is 1440. The van der Waals surface area contributed by atoms with E-state index in [4.69, 9.17) is 4.74 Å². The average molecular weight is 810 g/mol. The Hall–Kier alpha value is -0.917. The molecule has 6 bridgehead atoms. The second-order valence-electron chi connectivity index (χ2n) is 8.22. The molecule has 8 rings (SSSR count). The van der Waals surface area contributed by atoms with Gasteiger partial charge >= 0.3 is 26.2 Å². The fourth-order valence-corrected chi connectivity index (χ4v) is 6.42. The van der Waals surface area contributed by atoms with E-state index in [9.17, 15) is 0 Å². The van der Waals surface area contributed by atoms with E-state index >= 15 is 0 Å². The van der Waals surface area contributed by atoms with E-state index in [-0.39, 0.29) is 56.9 Å². The standard InChI is InChI=1S/C15H8IO.C15H10I.2ClH.Zr/c16-14-8-12-7-10-4-5-13(15(10)14)9-2-1-3-11(6-9)17-12;16-14-8-4-7-12-9-10-13(15(12)14)11-5-2-1-3-6-11;;;/h1-4,6-8,13H;1-9,13H;2*1H;/q2*-1;;;+4/p-2. The van der Waals surface area contributed by atoms with Gasteiger partial charge in [-0.1, -0.05) is 83.6 Å². The first kappa shape index (κ1) is 29.6. The molecule has 0 saturated heterocycles. The molecule has 0 spiro atoms. The maximum atomic E-state index is 5.88. The number of ether oxygens (including phenoxy) is 1. The number of hydrogen-bond donors (Lipinski definition) is 0. The van der Waals surface area contributed by atoms with Gasteiger partial charge in [0.25, 0.3) is 0 Å². The quantitative estimate of drug-likeness (QED) is 0.213. The minimum Gasteiger partial charge on any atom is -1.00 e. The molecule has 36 heavy (non-hydrogen) atoms. The Balaban J connectivity index is 0.000000185. The molecule has 2 heterocycles. The summed E-state index contributed by atoms with van der Waals surface area (Å²) in [7, 11) is 0. The maximum Gasteiger partial charge on any atom is 4.00 e. The van der Waals surface area contributed by atoms with Crippen molar-refractivity contribution in [3.05, 3.63) is 138 Å². The molecule has 1 nitrogen and oxygen atoms in total.